The van der Waals surface area contributed by atoms with Crippen molar-refractivity contribution in [2.24, 2.45) is 11.8 Å². The van der Waals surface area contributed by atoms with Crippen LogP contribution in [-0.2, 0) is 22.4 Å². The summed E-state index contributed by atoms with van der Waals surface area (Å²) in [5.74, 6) is 1.72. The molecule has 1 saturated heterocycles. The Bertz CT molecular complexity index is 820. The van der Waals surface area contributed by atoms with Crippen LogP contribution in [0.4, 0.5) is 5.69 Å². The molecule has 6 nitrogen and oxygen atoms in total. The van der Waals surface area contributed by atoms with Crippen LogP contribution in [0, 0.1) is 11.8 Å². The number of hydrogen-bond donors (Lipinski definition) is 1. The van der Waals surface area contributed by atoms with Gasteiger partial charge < -0.3 is 24.7 Å². The minimum atomic E-state index is -0.202. The van der Waals surface area contributed by atoms with Gasteiger partial charge in [0.25, 0.3) is 0 Å². The fourth-order valence-corrected chi connectivity index (χ4v) is 3.50. The Morgan fingerprint density at radius 1 is 0.926 bits per heavy atom. The van der Waals surface area contributed by atoms with Crippen molar-refractivity contribution in [3.8, 4) is 17.2 Å². The summed E-state index contributed by atoms with van der Waals surface area (Å²) in [6.45, 7) is 0.421. The average molecular weight is 371 g/mol. The summed E-state index contributed by atoms with van der Waals surface area (Å²) < 4.78 is 21.3. The van der Waals surface area contributed by atoms with E-state index in [-0.39, 0.29) is 17.8 Å². The second-order valence-electron chi connectivity index (χ2n) is 6.67. The van der Waals surface area contributed by atoms with Crippen molar-refractivity contribution < 1.29 is 23.7 Å². The van der Waals surface area contributed by atoms with Crippen LogP contribution in [0.2, 0.25) is 0 Å². The summed E-state index contributed by atoms with van der Waals surface area (Å²) in [6.07, 6.45) is 1.32. The molecule has 0 aromatic heterocycles. The first-order valence-corrected chi connectivity index (χ1v) is 8.85. The summed E-state index contributed by atoms with van der Waals surface area (Å²) in [5, 5.41) is 0. The topological polar surface area (TPSA) is 80.0 Å². The quantitative estimate of drug-likeness (QED) is 0.595. The number of carbonyl (C=O) groups is 1. The molecule has 0 bridgehead atoms. The van der Waals surface area contributed by atoms with Crippen molar-refractivity contribution >= 4 is 11.7 Å². The first-order chi connectivity index (χ1) is 13.0. The molecule has 0 spiro atoms. The van der Waals surface area contributed by atoms with E-state index in [1.165, 1.54) is 0 Å². The Morgan fingerprint density at radius 3 is 2.26 bits per heavy atom. The molecule has 6 heteroatoms. The van der Waals surface area contributed by atoms with Crippen molar-refractivity contribution in [2.45, 2.75) is 12.8 Å². The molecule has 27 heavy (non-hydrogen) atoms. The van der Waals surface area contributed by atoms with Gasteiger partial charge in [-0.25, -0.2) is 0 Å². The van der Waals surface area contributed by atoms with Gasteiger partial charge in [-0.2, -0.15) is 0 Å². The Hall–Kier alpha value is -2.89. The largest absolute Gasteiger partial charge is 0.495 e. The van der Waals surface area contributed by atoms with Crippen molar-refractivity contribution in [1.29, 1.82) is 0 Å². The number of benzene rings is 2. The highest BCUT2D eigenvalue weighted by Crippen LogP contribution is 2.33. The van der Waals surface area contributed by atoms with Gasteiger partial charge in [0.1, 0.15) is 5.75 Å². The van der Waals surface area contributed by atoms with Gasteiger partial charge in [0.2, 0.25) is 0 Å². The standard InChI is InChI=1S/C21H25NO5/c1-24-18-7-5-13(11-20(18)26-3)8-15-12-27-21(23)16(15)9-14-4-6-17(22)19(10-14)25-2/h4-7,10-11,15-16H,8-9,12,22H2,1-3H3/t15-,16+/m0/s1. The Balaban J connectivity index is 1.76. The van der Waals surface area contributed by atoms with E-state index in [0.29, 0.717) is 36.0 Å². The number of hydrogen-bond acceptors (Lipinski definition) is 6. The first kappa shape index (κ1) is 18.9. The molecular weight excluding hydrogens is 346 g/mol. The van der Waals surface area contributed by atoms with Gasteiger partial charge in [-0.3, -0.25) is 4.79 Å². The molecule has 0 amide bonds. The first-order valence-electron chi connectivity index (χ1n) is 8.85. The van der Waals surface area contributed by atoms with Crippen molar-refractivity contribution in [1.82, 2.24) is 0 Å². The van der Waals surface area contributed by atoms with Crippen LogP contribution in [0.15, 0.2) is 36.4 Å². The van der Waals surface area contributed by atoms with Crippen LogP contribution in [0.1, 0.15) is 11.1 Å². The highest BCUT2D eigenvalue weighted by Gasteiger charge is 2.37. The number of nitrogen functional groups attached to an aromatic ring is 1. The van der Waals surface area contributed by atoms with Crippen LogP contribution >= 0.6 is 0 Å². The molecule has 1 aliphatic rings. The summed E-state index contributed by atoms with van der Waals surface area (Å²) >= 11 is 0. The normalized spacial score (nSPS) is 18.9. The number of esters is 1. The second kappa shape index (κ2) is 8.20. The lowest BCUT2D eigenvalue weighted by molar-refractivity contribution is -0.141. The SMILES string of the molecule is COc1cc(C[C@H]2C(=O)OC[C@@H]2Cc2ccc(OC)c(OC)c2)ccc1N. The van der Waals surface area contributed by atoms with E-state index in [4.69, 9.17) is 24.7 Å². The van der Waals surface area contributed by atoms with Gasteiger partial charge in [0, 0.05) is 5.92 Å². The molecule has 2 N–H and O–H groups in total. The number of cyclic esters (lactones) is 1. The van der Waals surface area contributed by atoms with Gasteiger partial charge >= 0.3 is 5.97 Å². The average Bonchev–Trinajstić information content (AvgIpc) is 3.02. The smallest absolute Gasteiger partial charge is 0.309 e. The van der Waals surface area contributed by atoms with E-state index < -0.39 is 0 Å². The molecular formula is C21H25NO5. The fraction of sp³-hybridized carbons (Fsp3) is 0.381. The van der Waals surface area contributed by atoms with E-state index in [2.05, 4.69) is 0 Å². The van der Waals surface area contributed by atoms with Crippen molar-refractivity contribution in [3.63, 3.8) is 0 Å². The summed E-state index contributed by atoms with van der Waals surface area (Å²) in [5.41, 5.74) is 8.54. The maximum atomic E-state index is 12.3. The number of ether oxygens (including phenoxy) is 4. The third-order valence-electron chi connectivity index (χ3n) is 5.01. The van der Waals surface area contributed by atoms with Crippen LogP contribution < -0.4 is 19.9 Å². The Kier molecular flexibility index (Phi) is 5.74. The van der Waals surface area contributed by atoms with Gasteiger partial charge in [0.15, 0.2) is 11.5 Å². The van der Waals surface area contributed by atoms with Crippen LogP contribution in [0.25, 0.3) is 0 Å². The highest BCUT2D eigenvalue weighted by molar-refractivity contribution is 5.75. The van der Waals surface area contributed by atoms with Crippen molar-refractivity contribution in [2.75, 3.05) is 33.7 Å². The number of anilines is 1. The molecule has 0 unspecified atom stereocenters. The van der Waals surface area contributed by atoms with E-state index in [0.717, 1.165) is 17.5 Å². The minimum absolute atomic E-state index is 0.0964. The zero-order valence-corrected chi connectivity index (χ0v) is 15.9. The zero-order valence-electron chi connectivity index (χ0n) is 15.9. The zero-order chi connectivity index (χ0) is 19.4. The van der Waals surface area contributed by atoms with E-state index in [1.807, 2.05) is 30.3 Å². The fourth-order valence-electron chi connectivity index (χ4n) is 3.50. The lowest BCUT2D eigenvalue weighted by Gasteiger charge is -2.17. The van der Waals surface area contributed by atoms with E-state index >= 15 is 0 Å². The molecule has 0 radical (unpaired) electrons. The van der Waals surface area contributed by atoms with Crippen molar-refractivity contribution in [3.05, 3.63) is 47.5 Å². The summed E-state index contributed by atoms with van der Waals surface area (Å²) in [7, 11) is 4.80. The lowest BCUT2D eigenvalue weighted by Crippen LogP contribution is -2.20. The lowest BCUT2D eigenvalue weighted by atomic mass is 9.85. The summed E-state index contributed by atoms with van der Waals surface area (Å²) in [6, 6.07) is 11.4. The molecule has 2 aromatic carbocycles. The minimum Gasteiger partial charge on any atom is -0.495 e. The number of nitrogens with two attached hydrogens (primary N) is 1. The Morgan fingerprint density at radius 2 is 1.56 bits per heavy atom. The molecule has 1 aliphatic heterocycles. The molecule has 1 fully saturated rings. The number of methoxy groups -OCH3 is 3. The van der Waals surface area contributed by atoms with Gasteiger partial charge in [-0.15, -0.1) is 0 Å². The van der Waals surface area contributed by atoms with Crippen LogP contribution in [-0.4, -0.2) is 33.9 Å². The molecule has 3 rings (SSSR count). The molecule has 0 saturated carbocycles. The molecule has 0 aliphatic carbocycles. The molecule has 2 atom stereocenters. The number of carbonyl (C=O) groups excluding carboxylic acids is 1. The highest BCUT2D eigenvalue weighted by atomic mass is 16.5. The molecule has 1 heterocycles. The summed E-state index contributed by atoms with van der Waals surface area (Å²) in [4.78, 5) is 12.3. The number of rotatable bonds is 7. The maximum Gasteiger partial charge on any atom is 0.309 e. The van der Waals surface area contributed by atoms with E-state index in [9.17, 15) is 4.79 Å². The second-order valence-corrected chi connectivity index (χ2v) is 6.67. The molecule has 2 aromatic rings. The van der Waals surface area contributed by atoms with Crippen LogP contribution in [0.3, 0.4) is 0 Å². The maximum absolute atomic E-state index is 12.3. The Labute approximate surface area is 159 Å². The monoisotopic (exact) mass is 371 g/mol. The van der Waals surface area contributed by atoms with Gasteiger partial charge in [-0.1, -0.05) is 12.1 Å². The van der Waals surface area contributed by atoms with Crippen LogP contribution in [0.5, 0.6) is 17.2 Å². The van der Waals surface area contributed by atoms with Gasteiger partial charge in [0.05, 0.1) is 39.5 Å². The van der Waals surface area contributed by atoms with E-state index in [1.54, 1.807) is 27.4 Å². The van der Waals surface area contributed by atoms with Gasteiger partial charge in [-0.05, 0) is 48.2 Å². The molecule has 144 valence electrons. The predicted molar refractivity (Wildman–Crippen MR) is 102 cm³/mol. The predicted octanol–water partition coefficient (Wildman–Crippen LogP) is 2.87. The third-order valence-corrected chi connectivity index (χ3v) is 5.01. The third kappa shape index (κ3) is 4.10.